The summed E-state index contributed by atoms with van der Waals surface area (Å²) in [5, 5.41) is 3.82. The molecule has 0 saturated heterocycles. The molecule has 0 aliphatic rings. The van der Waals surface area contributed by atoms with Gasteiger partial charge in [0.25, 0.3) is 0 Å². The van der Waals surface area contributed by atoms with Gasteiger partial charge in [0.1, 0.15) is 5.60 Å². The zero-order valence-electron chi connectivity index (χ0n) is 9.41. The molecular weight excluding hydrogens is 195 g/mol. The Labute approximate surface area is 89.0 Å². The van der Waals surface area contributed by atoms with Gasteiger partial charge < -0.3 is 4.84 Å². The van der Waals surface area contributed by atoms with Crippen LogP contribution in [-0.4, -0.2) is 16.8 Å². The lowest BCUT2D eigenvalue weighted by Crippen LogP contribution is -2.15. The van der Waals surface area contributed by atoms with Gasteiger partial charge in [0, 0.05) is 11.3 Å². The molecule has 82 valence electrons. The van der Waals surface area contributed by atoms with Crippen molar-refractivity contribution in [3.8, 4) is 0 Å². The molecule has 0 saturated carbocycles. The molecule has 4 heteroatoms. The van der Waals surface area contributed by atoms with Crippen LogP contribution in [0.4, 0.5) is 4.39 Å². The van der Waals surface area contributed by atoms with Gasteiger partial charge in [-0.1, -0.05) is 5.16 Å². The molecule has 1 rings (SSSR count). The van der Waals surface area contributed by atoms with Crippen LogP contribution in [0.3, 0.4) is 0 Å². The molecule has 0 atom stereocenters. The number of hydrogen-bond donors (Lipinski definition) is 0. The van der Waals surface area contributed by atoms with Crippen molar-refractivity contribution in [1.82, 2.24) is 4.98 Å². The van der Waals surface area contributed by atoms with Crippen LogP contribution in [0.5, 0.6) is 0 Å². The quantitative estimate of drug-likeness (QED) is 0.427. The minimum absolute atomic E-state index is 0.322. The molecular formula is C11H15FN2O. The Hall–Kier alpha value is -1.45. The highest BCUT2D eigenvalue weighted by Gasteiger charge is 2.09. The fraction of sp³-hybridized carbons (Fsp3) is 0.455. The monoisotopic (exact) mass is 210 g/mol. The van der Waals surface area contributed by atoms with Gasteiger partial charge in [-0.15, -0.1) is 0 Å². The van der Waals surface area contributed by atoms with E-state index in [-0.39, 0.29) is 5.60 Å². The van der Waals surface area contributed by atoms with Gasteiger partial charge in [-0.25, -0.2) is 4.98 Å². The van der Waals surface area contributed by atoms with E-state index in [4.69, 9.17) is 4.84 Å². The van der Waals surface area contributed by atoms with Crippen LogP contribution >= 0.6 is 0 Å². The first-order valence-electron chi connectivity index (χ1n) is 4.73. The highest BCUT2D eigenvalue weighted by molar-refractivity contribution is 5.80. The Bertz CT molecular complexity index is 369. The summed E-state index contributed by atoms with van der Waals surface area (Å²) in [4.78, 5) is 8.84. The maximum absolute atomic E-state index is 12.7. The smallest absolute Gasteiger partial charge is 0.213 e. The number of aryl methyl sites for hydroxylation is 1. The summed E-state index contributed by atoms with van der Waals surface area (Å²) in [5.41, 5.74) is 1.02. The lowest BCUT2D eigenvalue weighted by atomic mass is 10.2. The third kappa shape index (κ3) is 4.06. The lowest BCUT2D eigenvalue weighted by Gasteiger charge is -2.14. The summed E-state index contributed by atoms with van der Waals surface area (Å²) in [6.45, 7) is 7.43. The SMILES string of the molecule is Cc1nc(F)ccc1/C=N\OC(C)(C)C. The molecule has 0 aliphatic heterocycles. The summed E-state index contributed by atoms with van der Waals surface area (Å²) in [6, 6.07) is 2.92. The van der Waals surface area contributed by atoms with E-state index >= 15 is 0 Å². The number of hydrogen-bond acceptors (Lipinski definition) is 3. The molecule has 0 bridgehead atoms. The second-order valence-corrected chi connectivity index (χ2v) is 4.25. The Balaban J connectivity index is 2.73. The van der Waals surface area contributed by atoms with Gasteiger partial charge >= 0.3 is 0 Å². The molecule has 1 aromatic rings. The van der Waals surface area contributed by atoms with Crippen LogP contribution in [0.2, 0.25) is 0 Å². The first kappa shape index (κ1) is 11.6. The molecule has 3 nitrogen and oxygen atoms in total. The third-order valence-electron chi connectivity index (χ3n) is 1.61. The van der Waals surface area contributed by atoms with Gasteiger partial charge in [0.2, 0.25) is 5.95 Å². The van der Waals surface area contributed by atoms with E-state index in [0.29, 0.717) is 5.69 Å². The molecule has 1 aromatic heterocycles. The van der Waals surface area contributed by atoms with Crippen molar-refractivity contribution in [2.75, 3.05) is 0 Å². The molecule has 0 radical (unpaired) electrons. The van der Waals surface area contributed by atoms with Gasteiger partial charge in [0.05, 0.1) is 6.21 Å². The fourth-order valence-electron chi connectivity index (χ4n) is 0.919. The van der Waals surface area contributed by atoms with E-state index in [2.05, 4.69) is 10.1 Å². The average Bonchev–Trinajstić information content (AvgIpc) is 2.07. The van der Waals surface area contributed by atoms with Crippen LogP contribution in [0.25, 0.3) is 0 Å². The number of pyridine rings is 1. The standard InChI is InChI=1S/C11H15FN2O/c1-8-9(5-6-10(12)14-8)7-13-15-11(2,3)4/h5-7H,1-4H3/b13-7-. The van der Waals surface area contributed by atoms with E-state index in [0.717, 1.165) is 5.56 Å². The van der Waals surface area contributed by atoms with Crippen LogP contribution in [0.15, 0.2) is 17.3 Å². The summed E-state index contributed by atoms with van der Waals surface area (Å²) in [7, 11) is 0. The molecule has 1 heterocycles. The fourth-order valence-corrected chi connectivity index (χ4v) is 0.919. The Morgan fingerprint density at radius 2 is 2.07 bits per heavy atom. The van der Waals surface area contributed by atoms with E-state index < -0.39 is 5.95 Å². The number of aromatic nitrogens is 1. The van der Waals surface area contributed by atoms with E-state index in [1.807, 2.05) is 20.8 Å². The second kappa shape index (κ2) is 4.38. The van der Waals surface area contributed by atoms with Gasteiger partial charge in [-0.05, 0) is 39.8 Å². The summed E-state index contributed by atoms with van der Waals surface area (Å²) in [6.07, 6.45) is 1.53. The first-order chi connectivity index (χ1) is 6.88. The predicted octanol–water partition coefficient (Wildman–Crippen LogP) is 2.68. The van der Waals surface area contributed by atoms with Crippen molar-refractivity contribution in [3.63, 3.8) is 0 Å². The van der Waals surface area contributed by atoms with Crippen molar-refractivity contribution in [2.45, 2.75) is 33.3 Å². The molecule has 0 N–H and O–H groups in total. The van der Waals surface area contributed by atoms with Crippen molar-refractivity contribution in [1.29, 1.82) is 0 Å². The molecule has 15 heavy (non-hydrogen) atoms. The molecule has 0 amide bonds. The molecule has 0 aliphatic carbocycles. The Morgan fingerprint density at radius 1 is 1.40 bits per heavy atom. The maximum Gasteiger partial charge on any atom is 0.213 e. The van der Waals surface area contributed by atoms with Gasteiger partial charge in [-0.2, -0.15) is 4.39 Å². The van der Waals surface area contributed by atoms with Crippen molar-refractivity contribution >= 4 is 6.21 Å². The van der Waals surface area contributed by atoms with Gasteiger partial charge in [0.15, 0.2) is 0 Å². The summed E-state index contributed by atoms with van der Waals surface area (Å²) in [5.74, 6) is -0.485. The minimum Gasteiger partial charge on any atom is -0.390 e. The maximum atomic E-state index is 12.7. The molecule has 0 unspecified atom stereocenters. The van der Waals surface area contributed by atoms with E-state index in [1.54, 1.807) is 13.0 Å². The van der Waals surface area contributed by atoms with Crippen LogP contribution in [0, 0.1) is 12.9 Å². The number of nitrogens with zero attached hydrogens (tertiary/aromatic N) is 2. The van der Waals surface area contributed by atoms with Crippen LogP contribution in [-0.2, 0) is 4.84 Å². The zero-order valence-corrected chi connectivity index (χ0v) is 9.41. The van der Waals surface area contributed by atoms with Crippen molar-refractivity contribution in [2.24, 2.45) is 5.16 Å². The van der Waals surface area contributed by atoms with Gasteiger partial charge in [-0.3, -0.25) is 0 Å². The predicted molar refractivity (Wildman–Crippen MR) is 57.4 cm³/mol. The number of rotatable bonds is 2. The Morgan fingerprint density at radius 3 is 2.60 bits per heavy atom. The van der Waals surface area contributed by atoms with Crippen LogP contribution in [0.1, 0.15) is 32.0 Å². The first-order valence-corrected chi connectivity index (χ1v) is 4.73. The number of oxime groups is 1. The number of halogens is 1. The second-order valence-electron chi connectivity index (χ2n) is 4.25. The average molecular weight is 210 g/mol. The normalized spacial score (nSPS) is 12.1. The molecule has 0 aromatic carbocycles. The molecule has 0 fully saturated rings. The van der Waals surface area contributed by atoms with E-state index in [9.17, 15) is 4.39 Å². The van der Waals surface area contributed by atoms with Crippen molar-refractivity contribution < 1.29 is 9.23 Å². The third-order valence-corrected chi connectivity index (χ3v) is 1.61. The largest absolute Gasteiger partial charge is 0.390 e. The highest BCUT2D eigenvalue weighted by Crippen LogP contribution is 2.08. The minimum atomic E-state index is -0.485. The van der Waals surface area contributed by atoms with E-state index in [1.165, 1.54) is 12.3 Å². The summed E-state index contributed by atoms with van der Waals surface area (Å²) >= 11 is 0. The van der Waals surface area contributed by atoms with Crippen molar-refractivity contribution in [3.05, 3.63) is 29.3 Å². The molecule has 0 spiro atoms. The summed E-state index contributed by atoms with van der Waals surface area (Å²) < 4.78 is 12.7. The topological polar surface area (TPSA) is 34.5 Å². The lowest BCUT2D eigenvalue weighted by molar-refractivity contribution is 0.00198. The van der Waals surface area contributed by atoms with Crippen LogP contribution < -0.4 is 0 Å². The zero-order chi connectivity index (χ0) is 11.5. The Kier molecular flexibility index (Phi) is 3.39. The highest BCUT2D eigenvalue weighted by atomic mass is 19.1.